The van der Waals surface area contributed by atoms with E-state index in [4.69, 9.17) is 4.74 Å². The van der Waals surface area contributed by atoms with Crippen LogP contribution in [0.2, 0.25) is 0 Å². The fourth-order valence-electron chi connectivity index (χ4n) is 2.37. The predicted octanol–water partition coefficient (Wildman–Crippen LogP) is 1.11. The van der Waals surface area contributed by atoms with Gasteiger partial charge in [0, 0.05) is 32.5 Å². The second-order valence-electron chi connectivity index (χ2n) is 4.55. The highest BCUT2D eigenvalue weighted by molar-refractivity contribution is 7.99. The van der Waals surface area contributed by atoms with E-state index in [1.165, 1.54) is 24.3 Å². The summed E-state index contributed by atoms with van der Waals surface area (Å²) in [5.41, 5.74) is 3.68. The van der Waals surface area contributed by atoms with E-state index < -0.39 is 0 Å². The zero-order chi connectivity index (χ0) is 10.0. The number of ether oxygens (including phenoxy) is 1. The summed E-state index contributed by atoms with van der Waals surface area (Å²) in [6, 6.07) is 0.609. The van der Waals surface area contributed by atoms with Gasteiger partial charge in [-0.1, -0.05) is 0 Å². The largest absolute Gasteiger partial charge is 0.374 e. The van der Waals surface area contributed by atoms with Gasteiger partial charge in [0.1, 0.15) is 0 Å². The molecule has 2 heterocycles. The summed E-state index contributed by atoms with van der Waals surface area (Å²) >= 11 is 2.03. The van der Waals surface area contributed by atoms with Gasteiger partial charge in [-0.3, -0.25) is 10.4 Å². The molecule has 14 heavy (non-hydrogen) atoms. The van der Waals surface area contributed by atoms with Gasteiger partial charge in [0.2, 0.25) is 0 Å². The summed E-state index contributed by atoms with van der Waals surface area (Å²) in [4.78, 5) is 0. The lowest BCUT2D eigenvalue weighted by molar-refractivity contribution is -0.0770. The normalized spacial score (nSPS) is 38.4. The zero-order valence-electron chi connectivity index (χ0n) is 9.08. The van der Waals surface area contributed by atoms with Crippen molar-refractivity contribution in [3.05, 3.63) is 0 Å². The van der Waals surface area contributed by atoms with Crippen LogP contribution in [0.3, 0.4) is 0 Å². The second-order valence-corrected chi connectivity index (χ2v) is 5.65. The van der Waals surface area contributed by atoms with Crippen LogP contribution in [0.15, 0.2) is 0 Å². The molecule has 0 radical (unpaired) electrons. The quantitative estimate of drug-likeness (QED) is 0.699. The Morgan fingerprint density at radius 2 is 2.36 bits per heavy atom. The number of nitrogens with zero attached hydrogens (tertiary/aromatic N) is 1. The van der Waals surface area contributed by atoms with Crippen LogP contribution < -0.4 is 5.43 Å². The van der Waals surface area contributed by atoms with Crippen molar-refractivity contribution >= 4 is 11.8 Å². The first-order chi connectivity index (χ1) is 6.70. The molecule has 0 aromatic carbocycles. The minimum Gasteiger partial charge on any atom is -0.374 e. The summed E-state index contributed by atoms with van der Waals surface area (Å²) in [5, 5.41) is 2.06. The van der Waals surface area contributed by atoms with Crippen LogP contribution in [0.4, 0.5) is 0 Å². The lowest BCUT2D eigenvalue weighted by atomic mass is 9.90. The maximum atomic E-state index is 5.96. The van der Waals surface area contributed by atoms with Gasteiger partial charge in [-0.25, -0.2) is 0 Å². The Balaban J connectivity index is 1.90. The zero-order valence-corrected chi connectivity index (χ0v) is 9.90. The van der Waals surface area contributed by atoms with Gasteiger partial charge in [-0.15, -0.1) is 0 Å². The third-order valence-corrected chi connectivity index (χ3v) is 4.22. The molecule has 4 heteroatoms. The van der Waals surface area contributed by atoms with Gasteiger partial charge in [0.15, 0.2) is 0 Å². The molecule has 0 amide bonds. The minimum absolute atomic E-state index is 0.205. The van der Waals surface area contributed by atoms with E-state index in [0.717, 1.165) is 13.0 Å². The van der Waals surface area contributed by atoms with E-state index in [1.54, 1.807) is 0 Å². The number of nitrogens with one attached hydrogen (secondary N) is 1. The first kappa shape index (κ1) is 10.7. The summed E-state index contributed by atoms with van der Waals surface area (Å²) in [5.74, 6) is 2.47. The Labute approximate surface area is 90.5 Å². The van der Waals surface area contributed by atoms with Crippen molar-refractivity contribution in [3.8, 4) is 0 Å². The van der Waals surface area contributed by atoms with Gasteiger partial charge < -0.3 is 4.74 Å². The van der Waals surface area contributed by atoms with Crippen LogP contribution in [-0.2, 0) is 4.74 Å². The molecule has 2 rings (SSSR count). The molecule has 0 aromatic rings. The Bertz CT molecular complexity index is 193. The number of thioether (sulfide) groups is 1. The number of rotatable bonds is 2. The van der Waals surface area contributed by atoms with Crippen molar-refractivity contribution in [1.82, 2.24) is 10.4 Å². The SMILES string of the molecule is CN(C)NC1CCOC2(CCSC2)C1. The van der Waals surface area contributed by atoms with E-state index >= 15 is 0 Å². The van der Waals surface area contributed by atoms with Gasteiger partial charge in [0.05, 0.1) is 5.60 Å². The third kappa shape index (κ3) is 2.42. The molecule has 2 saturated heterocycles. The van der Waals surface area contributed by atoms with Crippen LogP contribution in [0, 0.1) is 0 Å². The highest BCUT2D eigenvalue weighted by Crippen LogP contribution is 2.38. The highest BCUT2D eigenvalue weighted by Gasteiger charge is 2.40. The van der Waals surface area contributed by atoms with E-state index in [0.29, 0.717) is 6.04 Å². The maximum absolute atomic E-state index is 5.96. The number of hydrazine groups is 1. The lowest BCUT2D eigenvalue weighted by Crippen LogP contribution is -2.50. The molecule has 2 atom stereocenters. The first-order valence-electron chi connectivity index (χ1n) is 5.35. The molecule has 0 aliphatic carbocycles. The second kappa shape index (κ2) is 4.39. The minimum atomic E-state index is 0.205. The Hall–Kier alpha value is 0.230. The van der Waals surface area contributed by atoms with Crippen LogP contribution in [-0.4, -0.2) is 48.9 Å². The van der Waals surface area contributed by atoms with Crippen molar-refractivity contribution in [2.24, 2.45) is 0 Å². The summed E-state index contributed by atoms with van der Waals surface area (Å²) < 4.78 is 5.96. The summed E-state index contributed by atoms with van der Waals surface area (Å²) in [6.07, 6.45) is 3.56. The molecule has 82 valence electrons. The third-order valence-electron chi connectivity index (χ3n) is 3.00. The molecule has 3 nitrogen and oxygen atoms in total. The molecular weight excluding hydrogens is 196 g/mol. The van der Waals surface area contributed by atoms with Crippen molar-refractivity contribution in [2.45, 2.75) is 30.9 Å². The van der Waals surface area contributed by atoms with Crippen molar-refractivity contribution in [1.29, 1.82) is 0 Å². The van der Waals surface area contributed by atoms with Crippen LogP contribution in [0.25, 0.3) is 0 Å². The van der Waals surface area contributed by atoms with Gasteiger partial charge in [-0.05, 0) is 25.0 Å². The first-order valence-corrected chi connectivity index (χ1v) is 6.51. The number of hydrogen-bond acceptors (Lipinski definition) is 4. The molecular formula is C10H20N2OS. The van der Waals surface area contributed by atoms with E-state index in [2.05, 4.69) is 24.5 Å². The van der Waals surface area contributed by atoms with Gasteiger partial charge in [-0.2, -0.15) is 11.8 Å². The fourth-order valence-corrected chi connectivity index (χ4v) is 3.74. The number of hydrogen-bond donors (Lipinski definition) is 1. The smallest absolute Gasteiger partial charge is 0.0795 e. The Kier molecular flexibility index (Phi) is 3.37. The van der Waals surface area contributed by atoms with Crippen LogP contribution >= 0.6 is 11.8 Å². The lowest BCUT2D eigenvalue weighted by Gasteiger charge is -2.39. The molecule has 0 saturated carbocycles. The van der Waals surface area contributed by atoms with Gasteiger partial charge in [0.25, 0.3) is 0 Å². The predicted molar refractivity (Wildman–Crippen MR) is 60.5 cm³/mol. The average molecular weight is 216 g/mol. The molecule has 2 fully saturated rings. The van der Waals surface area contributed by atoms with Crippen molar-refractivity contribution in [2.75, 3.05) is 32.2 Å². The maximum Gasteiger partial charge on any atom is 0.0795 e. The van der Waals surface area contributed by atoms with E-state index in [-0.39, 0.29) is 5.60 Å². The highest BCUT2D eigenvalue weighted by atomic mass is 32.2. The van der Waals surface area contributed by atoms with Crippen molar-refractivity contribution in [3.63, 3.8) is 0 Å². The van der Waals surface area contributed by atoms with Crippen molar-refractivity contribution < 1.29 is 4.74 Å². The summed E-state index contributed by atoms with van der Waals surface area (Å²) in [6.45, 7) is 0.923. The molecule has 2 aliphatic rings. The van der Waals surface area contributed by atoms with E-state index in [1.807, 2.05) is 11.8 Å². The Morgan fingerprint density at radius 1 is 1.50 bits per heavy atom. The van der Waals surface area contributed by atoms with Gasteiger partial charge >= 0.3 is 0 Å². The molecule has 2 aliphatic heterocycles. The molecule has 0 aromatic heterocycles. The van der Waals surface area contributed by atoms with Crippen LogP contribution in [0.1, 0.15) is 19.3 Å². The molecule has 2 unspecified atom stereocenters. The standard InChI is InChI=1S/C10H20N2OS/c1-12(2)11-9-3-5-13-10(7-9)4-6-14-8-10/h9,11H,3-8H2,1-2H3. The molecule has 1 N–H and O–H groups in total. The fraction of sp³-hybridized carbons (Fsp3) is 1.00. The topological polar surface area (TPSA) is 24.5 Å². The monoisotopic (exact) mass is 216 g/mol. The molecule has 1 spiro atoms. The molecule has 0 bridgehead atoms. The summed E-state index contributed by atoms with van der Waals surface area (Å²) in [7, 11) is 4.12. The van der Waals surface area contributed by atoms with Crippen LogP contribution in [0.5, 0.6) is 0 Å². The Morgan fingerprint density at radius 3 is 3.00 bits per heavy atom. The van der Waals surface area contributed by atoms with E-state index in [9.17, 15) is 0 Å². The average Bonchev–Trinajstić information content (AvgIpc) is 2.52.